The van der Waals surface area contributed by atoms with Crippen molar-refractivity contribution in [2.45, 2.75) is 32.9 Å². The predicted octanol–water partition coefficient (Wildman–Crippen LogP) is 2.50. The highest BCUT2D eigenvalue weighted by molar-refractivity contribution is 6.30. The third-order valence-electron chi connectivity index (χ3n) is 2.93. The summed E-state index contributed by atoms with van der Waals surface area (Å²) in [6, 6.07) is 7.25. The highest BCUT2D eigenvalue weighted by atomic mass is 35.5. The number of hydrogen-bond donors (Lipinski definition) is 2. The molecule has 0 aliphatic heterocycles. The maximum Gasteiger partial charge on any atom is 0.224 e. The first kappa shape index (κ1) is 14.0. The molecule has 2 unspecified atom stereocenters. The van der Waals surface area contributed by atoms with E-state index in [9.17, 15) is 4.79 Å². The molecule has 1 rings (SSSR count). The number of carbonyl (C=O) groups excluding carboxylic acids is 1. The minimum atomic E-state index is -0.190. The van der Waals surface area contributed by atoms with Crippen LogP contribution in [0.1, 0.15) is 32.4 Å². The van der Waals surface area contributed by atoms with E-state index in [0.29, 0.717) is 5.02 Å². The largest absolute Gasteiger partial charge is 0.349 e. The Hall–Kier alpha value is -1.06. The molecular formula is C13H19ClN2O. The maximum atomic E-state index is 11.8. The van der Waals surface area contributed by atoms with Crippen molar-refractivity contribution < 1.29 is 4.79 Å². The second-order valence-corrected chi connectivity index (χ2v) is 4.87. The second kappa shape index (κ2) is 6.03. The fraction of sp³-hybridized carbons (Fsp3) is 0.462. The Morgan fingerprint density at radius 2 is 1.76 bits per heavy atom. The van der Waals surface area contributed by atoms with Crippen LogP contribution in [0, 0.1) is 5.92 Å². The molecule has 3 atom stereocenters. The normalized spacial score (nSPS) is 16.1. The standard InChI is InChI=1S/C13H19ClN2O/c1-8(9(2)15)13(17)16-10(3)11-4-6-12(14)7-5-11/h4-10H,15H2,1-3H3,(H,16,17)/t8?,9?,10-/m0/s1. The van der Waals surface area contributed by atoms with E-state index in [1.165, 1.54) is 0 Å². The Morgan fingerprint density at radius 1 is 1.24 bits per heavy atom. The molecule has 1 amide bonds. The zero-order valence-electron chi connectivity index (χ0n) is 10.4. The van der Waals surface area contributed by atoms with Gasteiger partial charge in [0, 0.05) is 17.0 Å². The number of nitrogens with two attached hydrogens (primary N) is 1. The van der Waals surface area contributed by atoms with Crippen molar-refractivity contribution >= 4 is 17.5 Å². The molecule has 17 heavy (non-hydrogen) atoms. The van der Waals surface area contributed by atoms with Crippen LogP contribution in [0.25, 0.3) is 0 Å². The van der Waals surface area contributed by atoms with Gasteiger partial charge in [0.05, 0.1) is 6.04 Å². The lowest BCUT2D eigenvalue weighted by Gasteiger charge is -2.20. The van der Waals surface area contributed by atoms with Crippen molar-refractivity contribution in [3.05, 3.63) is 34.9 Å². The van der Waals surface area contributed by atoms with Crippen LogP contribution in [0.5, 0.6) is 0 Å². The molecule has 0 bridgehead atoms. The molecule has 0 saturated heterocycles. The summed E-state index contributed by atoms with van der Waals surface area (Å²) in [5, 5.41) is 3.63. The smallest absolute Gasteiger partial charge is 0.224 e. The number of hydrogen-bond acceptors (Lipinski definition) is 2. The molecule has 0 aromatic heterocycles. The van der Waals surface area contributed by atoms with Crippen LogP contribution in [0.2, 0.25) is 5.02 Å². The van der Waals surface area contributed by atoms with Crippen molar-refractivity contribution in [3.63, 3.8) is 0 Å². The van der Waals surface area contributed by atoms with Crippen LogP contribution in [0.4, 0.5) is 0 Å². The molecule has 3 nitrogen and oxygen atoms in total. The molecule has 1 aromatic carbocycles. The van der Waals surface area contributed by atoms with Gasteiger partial charge in [0.15, 0.2) is 0 Å². The van der Waals surface area contributed by atoms with E-state index in [1.54, 1.807) is 0 Å². The van der Waals surface area contributed by atoms with Gasteiger partial charge in [-0.1, -0.05) is 30.7 Å². The van der Waals surface area contributed by atoms with Crippen LogP contribution in [-0.4, -0.2) is 11.9 Å². The van der Waals surface area contributed by atoms with Gasteiger partial charge in [0.2, 0.25) is 5.91 Å². The van der Waals surface area contributed by atoms with Gasteiger partial charge < -0.3 is 11.1 Å². The minimum absolute atomic E-state index is 0.0255. The van der Waals surface area contributed by atoms with Crippen molar-refractivity contribution in [2.75, 3.05) is 0 Å². The number of carbonyl (C=O) groups is 1. The van der Waals surface area contributed by atoms with Crippen LogP contribution >= 0.6 is 11.6 Å². The monoisotopic (exact) mass is 254 g/mol. The summed E-state index contributed by atoms with van der Waals surface area (Å²) in [5.41, 5.74) is 6.72. The van der Waals surface area contributed by atoms with Gasteiger partial charge in [-0.25, -0.2) is 0 Å². The average Bonchev–Trinajstić information content (AvgIpc) is 2.28. The summed E-state index contributed by atoms with van der Waals surface area (Å²) < 4.78 is 0. The number of benzene rings is 1. The molecule has 0 spiro atoms. The first-order valence-corrected chi connectivity index (χ1v) is 6.11. The molecule has 0 saturated carbocycles. The van der Waals surface area contributed by atoms with Gasteiger partial charge in [-0.05, 0) is 31.5 Å². The fourth-order valence-corrected chi connectivity index (χ4v) is 1.54. The van der Waals surface area contributed by atoms with E-state index < -0.39 is 0 Å². The average molecular weight is 255 g/mol. The molecule has 0 aliphatic carbocycles. The van der Waals surface area contributed by atoms with Crippen LogP contribution in [0.3, 0.4) is 0 Å². The van der Waals surface area contributed by atoms with Gasteiger partial charge in [-0.3, -0.25) is 4.79 Å². The van der Waals surface area contributed by atoms with E-state index >= 15 is 0 Å². The Bertz CT molecular complexity index is 376. The van der Waals surface area contributed by atoms with Crippen molar-refractivity contribution in [2.24, 2.45) is 11.7 Å². The SMILES string of the molecule is CC(N)C(C)C(=O)N[C@@H](C)c1ccc(Cl)cc1. The van der Waals surface area contributed by atoms with Gasteiger partial charge in [-0.15, -0.1) is 0 Å². The zero-order chi connectivity index (χ0) is 13.0. The number of halogens is 1. The fourth-order valence-electron chi connectivity index (χ4n) is 1.42. The summed E-state index contributed by atoms with van der Waals surface area (Å²) in [5.74, 6) is -0.216. The van der Waals surface area contributed by atoms with Crippen LogP contribution < -0.4 is 11.1 Å². The predicted molar refractivity (Wildman–Crippen MR) is 70.8 cm³/mol. The second-order valence-electron chi connectivity index (χ2n) is 4.43. The molecule has 4 heteroatoms. The molecule has 0 fully saturated rings. The van der Waals surface area contributed by atoms with E-state index in [1.807, 2.05) is 45.0 Å². The summed E-state index contributed by atoms with van der Waals surface area (Å²) in [7, 11) is 0. The molecule has 3 N–H and O–H groups in total. The van der Waals surface area contributed by atoms with Crippen LogP contribution in [0.15, 0.2) is 24.3 Å². The lowest BCUT2D eigenvalue weighted by Crippen LogP contribution is -2.39. The van der Waals surface area contributed by atoms with Gasteiger partial charge in [0.1, 0.15) is 0 Å². The van der Waals surface area contributed by atoms with Gasteiger partial charge in [0.25, 0.3) is 0 Å². The Balaban J connectivity index is 2.63. The molecule has 94 valence electrons. The Morgan fingerprint density at radius 3 is 2.24 bits per heavy atom. The zero-order valence-corrected chi connectivity index (χ0v) is 11.2. The lowest BCUT2D eigenvalue weighted by molar-refractivity contribution is -0.125. The number of nitrogens with one attached hydrogen (secondary N) is 1. The quantitative estimate of drug-likeness (QED) is 0.868. The first-order valence-electron chi connectivity index (χ1n) is 5.73. The van der Waals surface area contributed by atoms with E-state index in [-0.39, 0.29) is 23.9 Å². The molecule has 0 aliphatic rings. The van der Waals surface area contributed by atoms with Gasteiger partial charge in [-0.2, -0.15) is 0 Å². The summed E-state index contributed by atoms with van der Waals surface area (Å²) >= 11 is 5.81. The number of rotatable bonds is 4. The Kier molecular flexibility index (Phi) is 4.97. The third kappa shape index (κ3) is 4.02. The van der Waals surface area contributed by atoms with E-state index in [4.69, 9.17) is 17.3 Å². The highest BCUT2D eigenvalue weighted by Gasteiger charge is 2.19. The molecule has 0 heterocycles. The third-order valence-corrected chi connectivity index (χ3v) is 3.18. The van der Waals surface area contributed by atoms with Crippen LogP contribution in [-0.2, 0) is 4.79 Å². The molecule has 1 aromatic rings. The van der Waals surface area contributed by atoms with Crippen molar-refractivity contribution in [1.82, 2.24) is 5.32 Å². The molecular weight excluding hydrogens is 236 g/mol. The molecule has 0 radical (unpaired) electrons. The van der Waals surface area contributed by atoms with E-state index in [2.05, 4.69) is 5.32 Å². The number of amides is 1. The van der Waals surface area contributed by atoms with Gasteiger partial charge >= 0.3 is 0 Å². The summed E-state index contributed by atoms with van der Waals surface area (Å²) in [6.45, 7) is 5.60. The topological polar surface area (TPSA) is 55.1 Å². The minimum Gasteiger partial charge on any atom is -0.349 e. The van der Waals surface area contributed by atoms with Crippen molar-refractivity contribution in [1.29, 1.82) is 0 Å². The maximum absolute atomic E-state index is 11.8. The van der Waals surface area contributed by atoms with E-state index in [0.717, 1.165) is 5.56 Å². The van der Waals surface area contributed by atoms with Crippen molar-refractivity contribution in [3.8, 4) is 0 Å². The summed E-state index contributed by atoms with van der Waals surface area (Å²) in [4.78, 5) is 11.8. The summed E-state index contributed by atoms with van der Waals surface area (Å²) in [6.07, 6.45) is 0. The lowest BCUT2D eigenvalue weighted by atomic mass is 10.0. The highest BCUT2D eigenvalue weighted by Crippen LogP contribution is 2.16. The first-order chi connectivity index (χ1) is 7.91. The Labute approximate surface area is 107 Å².